The van der Waals surface area contributed by atoms with Crippen LogP contribution in [0.1, 0.15) is 18.9 Å². The summed E-state index contributed by atoms with van der Waals surface area (Å²) >= 11 is 5.92. The smallest absolute Gasteiger partial charge is 0.207 e. The van der Waals surface area contributed by atoms with E-state index >= 15 is 0 Å². The lowest BCUT2D eigenvalue weighted by atomic mass is 10.1. The van der Waals surface area contributed by atoms with Crippen molar-refractivity contribution in [2.24, 2.45) is 5.92 Å². The number of nitrogens with zero attached hydrogens (tertiary/aromatic N) is 1. The van der Waals surface area contributed by atoms with Gasteiger partial charge in [0.15, 0.2) is 0 Å². The van der Waals surface area contributed by atoms with E-state index in [9.17, 15) is 8.42 Å². The van der Waals surface area contributed by atoms with Gasteiger partial charge in [-0.1, -0.05) is 19.1 Å². The highest BCUT2D eigenvalue weighted by Crippen LogP contribution is 2.30. The maximum atomic E-state index is 12.6. The van der Waals surface area contributed by atoms with Gasteiger partial charge in [0, 0.05) is 18.5 Å². The SMILES string of the molecule is Cc1cccc(S(=O)(=O)N2CCC(C)C2CCl)c1. The summed E-state index contributed by atoms with van der Waals surface area (Å²) in [6.45, 7) is 4.51. The summed E-state index contributed by atoms with van der Waals surface area (Å²) in [5.74, 6) is 0.675. The van der Waals surface area contributed by atoms with Crippen LogP contribution in [-0.2, 0) is 10.0 Å². The Morgan fingerprint density at radius 2 is 2.17 bits per heavy atom. The predicted octanol–water partition coefficient (Wildman–Crippen LogP) is 2.63. The molecule has 2 unspecified atom stereocenters. The first-order valence-corrected chi connectivity index (χ1v) is 8.08. The van der Waals surface area contributed by atoms with Gasteiger partial charge in [0.1, 0.15) is 0 Å². The quantitative estimate of drug-likeness (QED) is 0.802. The summed E-state index contributed by atoms with van der Waals surface area (Å²) in [6.07, 6.45) is 0.877. The molecule has 0 amide bonds. The number of hydrogen-bond acceptors (Lipinski definition) is 2. The Morgan fingerprint density at radius 1 is 1.44 bits per heavy atom. The summed E-state index contributed by atoms with van der Waals surface area (Å²) in [5.41, 5.74) is 0.950. The molecule has 1 fully saturated rings. The van der Waals surface area contributed by atoms with E-state index in [1.807, 2.05) is 13.0 Å². The molecule has 100 valence electrons. The molecule has 2 atom stereocenters. The summed E-state index contributed by atoms with van der Waals surface area (Å²) in [6, 6.07) is 6.94. The van der Waals surface area contributed by atoms with Gasteiger partial charge in [0.2, 0.25) is 10.0 Å². The monoisotopic (exact) mass is 287 g/mol. The summed E-state index contributed by atoms with van der Waals surface area (Å²) in [5, 5.41) is 0. The zero-order valence-electron chi connectivity index (χ0n) is 10.6. The molecule has 1 aliphatic rings. The molecule has 18 heavy (non-hydrogen) atoms. The number of halogens is 1. The average molecular weight is 288 g/mol. The Kier molecular flexibility index (Phi) is 3.99. The van der Waals surface area contributed by atoms with Crippen molar-refractivity contribution in [2.45, 2.75) is 31.2 Å². The fourth-order valence-corrected chi connectivity index (χ4v) is 4.80. The highest BCUT2D eigenvalue weighted by atomic mass is 35.5. The molecular formula is C13H18ClNO2S. The number of rotatable bonds is 3. The molecule has 1 aliphatic heterocycles. The van der Waals surface area contributed by atoms with E-state index in [1.165, 1.54) is 0 Å². The standard InChI is InChI=1S/C13H18ClNO2S/c1-10-4-3-5-12(8-10)18(16,17)15-7-6-11(2)13(15)9-14/h3-5,8,11,13H,6-7,9H2,1-2H3. The minimum Gasteiger partial charge on any atom is -0.207 e. The minimum absolute atomic E-state index is 0.0859. The third kappa shape index (κ3) is 2.42. The molecule has 1 saturated heterocycles. The predicted molar refractivity (Wildman–Crippen MR) is 73.4 cm³/mol. The Labute approximate surface area is 114 Å². The van der Waals surface area contributed by atoms with Gasteiger partial charge in [-0.2, -0.15) is 4.31 Å². The molecule has 1 aromatic rings. The molecule has 1 heterocycles. The topological polar surface area (TPSA) is 37.4 Å². The van der Waals surface area contributed by atoms with Gasteiger partial charge >= 0.3 is 0 Å². The molecule has 0 radical (unpaired) electrons. The minimum atomic E-state index is -3.41. The molecule has 5 heteroatoms. The molecule has 0 bridgehead atoms. The number of sulfonamides is 1. The van der Waals surface area contributed by atoms with E-state index in [1.54, 1.807) is 22.5 Å². The molecule has 0 spiro atoms. The van der Waals surface area contributed by atoms with Crippen molar-refractivity contribution >= 4 is 21.6 Å². The maximum Gasteiger partial charge on any atom is 0.243 e. The number of benzene rings is 1. The fourth-order valence-electron chi connectivity index (χ4n) is 2.41. The van der Waals surface area contributed by atoms with Crippen molar-refractivity contribution in [2.75, 3.05) is 12.4 Å². The van der Waals surface area contributed by atoms with Crippen LogP contribution in [-0.4, -0.2) is 31.2 Å². The first-order valence-electron chi connectivity index (χ1n) is 6.11. The number of hydrogen-bond donors (Lipinski definition) is 0. The van der Waals surface area contributed by atoms with E-state index in [0.29, 0.717) is 23.2 Å². The lowest BCUT2D eigenvalue weighted by molar-refractivity contribution is 0.375. The molecule has 0 saturated carbocycles. The largest absolute Gasteiger partial charge is 0.243 e. The van der Waals surface area contributed by atoms with E-state index in [0.717, 1.165) is 12.0 Å². The lowest BCUT2D eigenvalue weighted by Crippen LogP contribution is -2.38. The van der Waals surface area contributed by atoms with Crippen molar-refractivity contribution in [1.29, 1.82) is 0 Å². The van der Waals surface area contributed by atoms with Gasteiger partial charge < -0.3 is 0 Å². The molecular weight excluding hydrogens is 270 g/mol. The van der Waals surface area contributed by atoms with Crippen LogP contribution in [0.3, 0.4) is 0 Å². The molecule has 3 nitrogen and oxygen atoms in total. The van der Waals surface area contributed by atoms with Crippen molar-refractivity contribution in [3.63, 3.8) is 0 Å². The van der Waals surface area contributed by atoms with E-state index in [4.69, 9.17) is 11.6 Å². The molecule has 0 N–H and O–H groups in total. The summed E-state index contributed by atoms with van der Waals surface area (Å²) < 4.78 is 26.7. The van der Waals surface area contributed by atoms with Crippen LogP contribution in [0.2, 0.25) is 0 Å². The zero-order chi connectivity index (χ0) is 13.3. The van der Waals surface area contributed by atoms with E-state index in [-0.39, 0.29) is 6.04 Å². The highest BCUT2D eigenvalue weighted by molar-refractivity contribution is 7.89. The maximum absolute atomic E-state index is 12.6. The summed E-state index contributed by atoms with van der Waals surface area (Å²) in [7, 11) is -3.41. The van der Waals surface area contributed by atoms with Crippen LogP contribution < -0.4 is 0 Å². The van der Waals surface area contributed by atoms with Gasteiger partial charge in [0.05, 0.1) is 4.90 Å². The Balaban J connectivity index is 2.37. The fraction of sp³-hybridized carbons (Fsp3) is 0.538. The zero-order valence-corrected chi connectivity index (χ0v) is 12.2. The van der Waals surface area contributed by atoms with Gasteiger partial charge in [-0.15, -0.1) is 11.6 Å². The third-order valence-electron chi connectivity index (χ3n) is 3.59. The van der Waals surface area contributed by atoms with Crippen molar-refractivity contribution in [3.8, 4) is 0 Å². The average Bonchev–Trinajstić information content (AvgIpc) is 2.71. The second kappa shape index (κ2) is 5.19. The van der Waals surface area contributed by atoms with Gasteiger partial charge in [-0.05, 0) is 37.0 Å². The van der Waals surface area contributed by atoms with Crippen LogP contribution in [0, 0.1) is 12.8 Å². The normalized spacial score (nSPS) is 25.5. The van der Waals surface area contributed by atoms with E-state index < -0.39 is 10.0 Å². The van der Waals surface area contributed by atoms with Crippen LogP contribution >= 0.6 is 11.6 Å². The van der Waals surface area contributed by atoms with Gasteiger partial charge in [-0.3, -0.25) is 0 Å². The van der Waals surface area contributed by atoms with Crippen LogP contribution in [0.25, 0.3) is 0 Å². The van der Waals surface area contributed by atoms with Gasteiger partial charge in [0.25, 0.3) is 0 Å². The van der Waals surface area contributed by atoms with E-state index in [2.05, 4.69) is 6.92 Å². The van der Waals surface area contributed by atoms with Crippen LogP contribution in [0.15, 0.2) is 29.2 Å². The summed E-state index contributed by atoms with van der Waals surface area (Å²) in [4.78, 5) is 0.367. The van der Waals surface area contributed by atoms with Crippen LogP contribution in [0.4, 0.5) is 0 Å². The first kappa shape index (κ1) is 13.8. The highest BCUT2D eigenvalue weighted by Gasteiger charge is 2.38. The van der Waals surface area contributed by atoms with Crippen molar-refractivity contribution in [3.05, 3.63) is 29.8 Å². The molecule has 2 rings (SSSR count). The van der Waals surface area contributed by atoms with Crippen molar-refractivity contribution < 1.29 is 8.42 Å². The molecule has 0 aliphatic carbocycles. The third-order valence-corrected chi connectivity index (χ3v) is 5.82. The second-order valence-electron chi connectivity index (χ2n) is 4.92. The lowest BCUT2D eigenvalue weighted by Gasteiger charge is -2.24. The number of alkyl halides is 1. The Hall–Kier alpha value is -0.580. The van der Waals surface area contributed by atoms with Crippen molar-refractivity contribution in [1.82, 2.24) is 4.31 Å². The molecule has 1 aromatic carbocycles. The van der Waals surface area contributed by atoms with Gasteiger partial charge in [-0.25, -0.2) is 8.42 Å². The second-order valence-corrected chi connectivity index (χ2v) is 7.12. The Morgan fingerprint density at radius 3 is 2.78 bits per heavy atom. The molecule has 0 aromatic heterocycles. The first-order chi connectivity index (χ1) is 8.46. The Bertz CT molecular complexity index is 530. The van der Waals surface area contributed by atoms with Crippen LogP contribution in [0.5, 0.6) is 0 Å². The number of aryl methyl sites for hydroxylation is 1.